The zero-order chi connectivity index (χ0) is 13.1. The van der Waals surface area contributed by atoms with Crippen molar-refractivity contribution in [2.24, 2.45) is 23.2 Å². The van der Waals surface area contributed by atoms with Crippen LogP contribution in [-0.2, 0) is 0 Å². The molecule has 0 aromatic rings. The molecule has 1 saturated heterocycles. The fourth-order valence-electron chi connectivity index (χ4n) is 2.79. The van der Waals surface area contributed by atoms with Gasteiger partial charge in [0.25, 0.3) is 0 Å². The Morgan fingerprint density at radius 3 is 2.06 bits per heavy atom. The highest BCUT2D eigenvalue weighted by atomic mass is 32.1. The Morgan fingerprint density at radius 2 is 1.71 bits per heavy atom. The molecule has 2 heteroatoms. The third-order valence-electron chi connectivity index (χ3n) is 4.48. The molecule has 1 heterocycles. The summed E-state index contributed by atoms with van der Waals surface area (Å²) in [4.78, 5) is 2.66. The number of thiol groups is 1. The molecule has 0 spiro atoms. The van der Waals surface area contributed by atoms with Gasteiger partial charge in [0.1, 0.15) is 0 Å². The van der Waals surface area contributed by atoms with E-state index in [-0.39, 0.29) is 0 Å². The normalized spacial score (nSPS) is 22.1. The topological polar surface area (TPSA) is 3.24 Å². The highest BCUT2D eigenvalue weighted by Crippen LogP contribution is 2.34. The van der Waals surface area contributed by atoms with E-state index in [2.05, 4.69) is 52.1 Å². The molecule has 1 atom stereocenters. The van der Waals surface area contributed by atoms with Crippen LogP contribution >= 0.6 is 12.6 Å². The van der Waals surface area contributed by atoms with Crippen molar-refractivity contribution in [1.82, 2.24) is 4.90 Å². The van der Waals surface area contributed by atoms with E-state index in [1.165, 1.54) is 32.5 Å². The molecular weight excluding hydrogens is 226 g/mol. The van der Waals surface area contributed by atoms with Crippen molar-refractivity contribution in [1.29, 1.82) is 0 Å². The van der Waals surface area contributed by atoms with Gasteiger partial charge in [-0.15, -0.1) is 0 Å². The van der Waals surface area contributed by atoms with Gasteiger partial charge in [-0.25, -0.2) is 0 Å². The van der Waals surface area contributed by atoms with Crippen LogP contribution in [0.4, 0.5) is 0 Å². The predicted molar refractivity (Wildman–Crippen MR) is 80.8 cm³/mol. The molecule has 1 aliphatic rings. The fourth-order valence-corrected chi connectivity index (χ4v) is 3.33. The van der Waals surface area contributed by atoms with Crippen molar-refractivity contribution in [3.63, 3.8) is 0 Å². The molecule has 102 valence electrons. The van der Waals surface area contributed by atoms with Crippen molar-refractivity contribution in [2.45, 2.75) is 47.5 Å². The van der Waals surface area contributed by atoms with Crippen LogP contribution in [0.3, 0.4) is 0 Å². The van der Waals surface area contributed by atoms with E-state index < -0.39 is 0 Å². The second kappa shape index (κ2) is 6.47. The Morgan fingerprint density at radius 1 is 1.18 bits per heavy atom. The molecule has 1 rings (SSSR count). The summed E-state index contributed by atoms with van der Waals surface area (Å²) < 4.78 is 0. The molecule has 0 aromatic heterocycles. The molecule has 0 bridgehead atoms. The average Bonchev–Trinajstić information content (AvgIpc) is 2.25. The summed E-state index contributed by atoms with van der Waals surface area (Å²) in [5.74, 6) is 3.45. The molecule has 0 saturated carbocycles. The summed E-state index contributed by atoms with van der Waals surface area (Å²) in [5.41, 5.74) is 0.493. The predicted octanol–water partition coefficient (Wildman–Crippen LogP) is 3.95. The third kappa shape index (κ3) is 4.82. The molecule has 0 aromatic carbocycles. The highest BCUT2D eigenvalue weighted by molar-refractivity contribution is 7.80. The standard InChI is InChI=1S/C15H31NS/c1-12(2)13(11-17)10-16-8-6-14(7-9-16)15(3,4)5/h12-14,17H,6-11H2,1-5H3. The van der Waals surface area contributed by atoms with Gasteiger partial charge in [-0.1, -0.05) is 34.6 Å². The van der Waals surface area contributed by atoms with E-state index in [1.54, 1.807) is 0 Å². The molecule has 1 aliphatic heterocycles. The first kappa shape index (κ1) is 15.4. The molecule has 0 amide bonds. The summed E-state index contributed by atoms with van der Waals surface area (Å²) >= 11 is 4.49. The minimum absolute atomic E-state index is 0.493. The quantitative estimate of drug-likeness (QED) is 0.747. The largest absolute Gasteiger partial charge is 0.303 e. The Hall–Kier alpha value is 0.310. The Kier molecular flexibility index (Phi) is 5.85. The van der Waals surface area contributed by atoms with Gasteiger partial charge >= 0.3 is 0 Å². The maximum absolute atomic E-state index is 4.49. The lowest BCUT2D eigenvalue weighted by molar-refractivity contribution is 0.0976. The van der Waals surface area contributed by atoms with Gasteiger partial charge in [0.05, 0.1) is 0 Å². The van der Waals surface area contributed by atoms with Crippen molar-refractivity contribution in [2.75, 3.05) is 25.4 Å². The Bertz CT molecular complexity index is 211. The second-order valence-electron chi connectivity index (χ2n) is 7.13. The number of hydrogen-bond acceptors (Lipinski definition) is 2. The van der Waals surface area contributed by atoms with E-state index in [0.717, 1.165) is 23.5 Å². The number of rotatable bonds is 4. The van der Waals surface area contributed by atoms with Crippen LogP contribution in [0.1, 0.15) is 47.5 Å². The number of hydrogen-bond donors (Lipinski definition) is 1. The first-order chi connectivity index (χ1) is 7.84. The number of likely N-dealkylation sites (tertiary alicyclic amines) is 1. The van der Waals surface area contributed by atoms with Crippen molar-refractivity contribution in [3.8, 4) is 0 Å². The summed E-state index contributed by atoms with van der Waals surface area (Å²) in [6, 6.07) is 0. The molecule has 1 unspecified atom stereocenters. The zero-order valence-corrected chi connectivity index (χ0v) is 13.3. The maximum Gasteiger partial charge on any atom is 0.00199 e. The van der Waals surface area contributed by atoms with Crippen molar-refractivity contribution in [3.05, 3.63) is 0 Å². The van der Waals surface area contributed by atoms with E-state index in [1.807, 2.05) is 0 Å². The van der Waals surface area contributed by atoms with Crippen LogP contribution in [0, 0.1) is 23.2 Å². The van der Waals surface area contributed by atoms with E-state index in [0.29, 0.717) is 5.41 Å². The molecule has 1 fully saturated rings. The lowest BCUT2D eigenvalue weighted by Crippen LogP contribution is -2.41. The van der Waals surface area contributed by atoms with E-state index in [9.17, 15) is 0 Å². The summed E-state index contributed by atoms with van der Waals surface area (Å²) in [7, 11) is 0. The molecule has 17 heavy (non-hydrogen) atoms. The van der Waals surface area contributed by atoms with Gasteiger partial charge in [0.2, 0.25) is 0 Å². The van der Waals surface area contributed by atoms with Gasteiger partial charge in [0, 0.05) is 6.54 Å². The van der Waals surface area contributed by atoms with Gasteiger partial charge in [-0.3, -0.25) is 0 Å². The van der Waals surface area contributed by atoms with Gasteiger partial charge in [-0.2, -0.15) is 12.6 Å². The minimum Gasteiger partial charge on any atom is -0.303 e. The fraction of sp³-hybridized carbons (Fsp3) is 1.00. The van der Waals surface area contributed by atoms with Crippen LogP contribution in [0.15, 0.2) is 0 Å². The first-order valence-corrected chi connectivity index (χ1v) is 7.81. The SMILES string of the molecule is CC(C)C(CS)CN1CCC(C(C)(C)C)CC1. The number of piperidine rings is 1. The smallest absolute Gasteiger partial charge is 0.00199 e. The van der Waals surface area contributed by atoms with E-state index in [4.69, 9.17) is 0 Å². The van der Waals surface area contributed by atoms with Gasteiger partial charge in [-0.05, 0) is 54.9 Å². The van der Waals surface area contributed by atoms with E-state index >= 15 is 0 Å². The lowest BCUT2D eigenvalue weighted by atomic mass is 9.75. The molecule has 0 radical (unpaired) electrons. The third-order valence-corrected chi connectivity index (χ3v) is 4.95. The monoisotopic (exact) mass is 257 g/mol. The zero-order valence-electron chi connectivity index (χ0n) is 12.4. The Labute approximate surface area is 114 Å². The molecule has 0 aliphatic carbocycles. The Balaban J connectivity index is 2.37. The van der Waals surface area contributed by atoms with Crippen LogP contribution in [0.25, 0.3) is 0 Å². The summed E-state index contributed by atoms with van der Waals surface area (Å²) in [6.07, 6.45) is 2.75. The van der Waals surface area contributed by atoms with Gasteiger partial charge in [0.15, 0.2) is 0 Å². The molecular formula is C15H31NS. The maximum atomic E-state index is 4.49. The van der Waals surface area contributed by atoms with Crippen molar-refractivity contribution < 1.29 is 0 Å². The van der Waals surface area contributed by atoms with Crippen LogP contribution in [-0.4, -0.2) is 30.3 Å². The average molecular weight is 257 g/mol. The van der Waals surface area contributed by atoms with Crippen molar-refractivity contribution >= 4 is 12.6 Å². The second-order valence-corrected chi connectivity index (χ2v) is 7.49. The minimum atomic E-state index is 0.493. The molecule has 1 nitrogen and oxygen atoms in total. The van der Waals surface area contributed by atoms with Gasteiger partial charge < -0.3 is 4.90 Å². The highest BCUT2D eigenvalue weighted by Gasteiger charge is 2.29. The number of nitrogens with zero attached hydrogens (tertiary/aromatic N) is 1. The van der Waals surface area contributed by atoms with Crippen LogP contribution in [0.5, 0.6) is 0 Å². The summed E-state index contributed by atoms with van der Waals surface area (Å²) in [6.45, 7) is 15.6. The first-order valence-electron chi connectivity index (χ1n) is 7.17. The summed E-state index contributed by atoms with van der Waals surface area (Å²) in [5, 5.41) is 0. The molecule has 0 N–H and O–H groups in total. The van der Waals surface area contributed by atoms with Crippen LogP contribution < -0.4 is 0 Å². The van der Waals surface area contributed by atoms with Crippen LogP contribution in [0.2, 0.25) is 0 Å². The lowest BCUT2D eigenvalue weighted by Gasteiger charge is -2.40.